The summed E-state index contributed by atoms with van der Waals surface area (Å²) in [6, 6.07) is 3.83. The SMILES string of the molecule is CC(C)(C)OC(=O)N1C[C@@H]2[C@@H](CNC(=O)c3cc4ccncc4s3)[C@@H]2C1. The minimum Gasteiger partial charge on any atom is -0.444 e. The van der Waals surface area contributed by atoms with Crippen LogP contribution in [0.1, 0.15) is 30.4 Å². The van der Waals surface area contributed by atoms with Gasteiger partial charge in [-0.05, 0) is 56.0 Å². The molecule has 138 valence electrons. The van der Waals surface area contributed by atoms with Crippen LogP contribution in [0.25, 0.3) is 10.1 Å². The third-order valence-corrected chi connectivity index (χ3v) is 6.15. The van der Waals surface area contributed by atoms with E-state index in [-0.39, 0.29) is 12.0 Å². The summed E-state index contributed by atoms with van der Waals surface area (Å²) in [4.78, 5) is 31.1. The Morgan fingerprint density at radius 3 is 2.73 bits per heavy atom. The summed E-state index contributed by atoms with van der Waals surface area (Å²) >= 11 is 1.46. The van der Waals surface area contributed by atoms with Crippen molar-refractivity contribution in [1.29, 1.82) is 0 Å². The molecule has 1 N–H and O–H groups in total. The molecule has 2 aliphatic rings. The fraction of sp³-hybridized carbons (Fsp3) is 0.526. The quantitative estimate of drug-likeness (QED) is 0.897. The van der Waals surface area contributed by atoms with Crippen LogP contribution in [0, 0.1) is 17.8 Å². The van der Waals surface area contributed by atoms with Crippen molar-refractivity contribution >= 4 is 33.4 Å². The van der Waals surface area contributed by atoms with Crippen molar-refractivity contribution in [3.63, 3.8) is 0 Å². The topological polar surface area (TPSA) is 71.5 Å². The average Bonchev–Trinajstić information content (AvgIpc) is 2.94. The summed E-state index contributed by atoms with van der Waals surface area (Å²) in [5.41, 5.74) is -0.461. The fourth-order valence-corrected chi connectivity index (χ4v) is 4.67. The van der Waals surface area contributed by atoms with Gasteiger partial charge < -0.3 is 15.0 Å². The first-order valence-corrected chi connectivity index (χ1v) is 9.73. The Bertz CT molecular complexity index is 812. The summed E-state index contributed by atoms with van der Waals surface area (Å²) in [7, 11) is 0. The first kappa shape index (κ1) is 17.3. The first-order valence-electron chi connectivity index (χ1n) is 8.91. The Hall–Kier alpha value is -2.15. The Morgan fingerprint density at radius 2 is 2.08 bits per heavy atom. The van der Waals surface area contributed by atoms with E-state index in [1.807, 2.05) is 32.9 Å². The van der Waals surface area contributed by atoms with Crippen molar-refractivity contribution in [3.8, 4) is 0 Å². The zero-order valence-corrected chi connectivity index (χ0v) is 16.0. The van der Waals surface area contributed by atoms with E-state index in [9.17, 15) is 9.59 Å². The second-order valence-electron chi connectivity index (χ2n) is 8.11. The molecule has 1 aliphatic heterocycles. The van der Waals surface area contributed by atoms with Gasteiger partial charge in [-0.1, -0.05) is 0 Å². The number of nitrogens with one attached hydrogen (secondary N) is 1. The molecule has 0 unspecified atom stereocenters. The van der Waals surface area contributed by atoms with Crippen LogP contribution in [0.3, 0.4) is 0 Å². The van der Waals surface area contributed by atoms with E-state index in [2.05, 4.69) is 10.3 Å². The van der Waals surface area contributed by atoms with Crippen LogP contribution in [0.5, 0.6) is 0 Å². The van der Waals surface area contributed by atoms with Crippen LogP contribution < -0.4 is 5.32 Å². The molecule has 0 bridgehead atoms. The molecule has 2 aromatic heterocycles. The lowest BCUT2D eigenvalue weighted by molar-refractivity contribution is 0.0265. The largest absolute Gasteiger partial charge is 0.444 e. The number of piperidine rings is 1. The normalized spacial score (nSPS) is 24.4. The Kier molecular flexibility index (Phi) is 4.14. The molecule has 1 saturated carbocycles. The number of nitrogens with zero attached hydrogens (tertiary/aromatic N) is 2. The Labute approximate surface area is 156 Å². The lowest BCUT2D eigenvalue weighted by Gasteiger charge is -2.25. The molecule has 2 fully saturated rings. The fourth-order valence-electron chi connectivity index (χ4n) is 3.72. The highest BCUT2D eigenvalue weighted by atomic mass is 32.1. The second kappa shape index (κ2) is 6.23. The minimum absolute atomic E-state index is 0.0276. The molecule has 26 heavy (non-hydrogen) atoms. The highest BCUT2D eigenvalue weighted by molar-refractivity contribution is 7.20. The third kappa shape index (κ3) is 3.40. The van der Waals surface area contributed by atoms with E-state index in [0.29, 0.717) is 29.2 Å². The number of rotatable bonds is 3. The van der Waals surface area contributed by atoms with Gasteiger partial charge in [-0.3, -0.25) is 9.78 Å². The number of ether oxygens (including phenoxy) is 1. The van der Waals surface area contributed by atoms with Gasteiger partial charge in [0.15, 0.2) is 0 Å². The van der Waals surface area contributed by atoms with Crippen LogP contribution >= 0.6 is 11.3 Å². The van der Waals surface area contributed by atoms with Crippen molar-refractivity contribution < 1.29 is 14.3 Å². The van der Waals surface area contributed by atoms with Gasteiger partial charge in [0.05, 0.1) is 9.58 Å². The smallest absolute Gasteiger partial charge is 0.410 e. The predicted molar refractivity (Wildman–Crippen MR) is 100 cm³/mol. The van der Waals surface area contributed by atoms with E-state index in [1.54, 1.807) is 17.3 Å². The first-order chi connectivity index (χ1) is 12.3. The molecule has 3 atom stereocenters. The van der Waals surface area contributed by atoms with Crippen LogP contribution in [0.2, 0.25) is 0 Å². The number of fused-ring (bicyclic) bond motifs is 2. The van der Waals surface area contributed by atoms with Gasteiger partial charge in [0.25, 0.3) is 5.91 Å². The number of pyridine rings is 1. The lowest BCUT2D eigenvalue weighted by atomic mass is 10.2. The minimum atomic E-state index is -0.461. The number of amides is 2. The summed E-state index contributed by atoms with van der Waals surface area (Å²) in [5.74, 6) is 1.40. The van der Waals surface area contributed by atoms with Gasteiger partial charge in [-0.15, -0.1) is 11.3 Å². The molecule has 0 aromatic carbocycles. The van der Waals surface area contributed by atoms with Crippen LogP contribution in [-0.4, -0.2) is 47.1 Å². The molecular weight excluding hydrogens is 350 g/mol. The van der Waals surface area contributed by atoms with Crippen LogP contribution in [0.15, 0.2) is 24.5 Å². The number of hydrogen-bond acceptors (Lipinski definition) is 5. The van der Waals surface area contributed by atoms with E-state index in [1.165, 1.54) is 11.3 Å². The van der Waals surface area contributed by atoms with Crippen molar-refractivity contribution in [2.75, 3.05) is 19.6 Å². The molecule has 7 heteroatoms. The van der Waals surface area contributed by atoms with Crippen LogP contribution in [0.4, 0.5) is 4.79 Å². The molecular formula is C19H23N3O3S. The molecule has 6 nitrogen and oxygen atoms in total. The number of likely N-dealkylation sites (tertiary alicyclic amines) is 1. The molecule has 0 radical (unpaired) electrons. The van der Waals surface area contributed by atoms with E-state index < -0.39 is 5.60 Å². The summed E-state index contributed by atoms with van der Waals surface area (Å²) in [6.45, 7) is 7.77. The monoisotopic (exact) mass is 373 g/mol. The van der Waals surface area contributed by atoms with Gasteiger partial charge in [0.1, 0.15) is 5.60 Å². The summed E-state index contributed by atoms with van der Waals surface area (Å²) < 4.78 is 6.45. The highest BCUT2D eigenvalue weighted by Gasteiger charge is 2.56. The maximum absolute atomic E-state index is 12.4. The number of carbonyl (C=O) groups excluding carboxylic acids is 2. The summed E-state index contributed by atoms with van der Waals surface area (Å²) in [6.07, 6.45) is 3.29. The maximum atomic E-state index is 12.4. The number of hydrogen-bond donors (Lipinski definition) is 1. The van der Waals surface area contributed by atoms with Gasteiger partial charge in [0, 0.05) is 32.0 Å². The number of aromatic nitrogens is 1. The van der Waals surface area contributed by atoms with E-state index >= 15 is 0 Å². The highest BCUT2D eigenvalue weighted by Crippen LogP contribution is 2.51. The Morgan fingerprint density at radius 1 is 1.35 bits per heavy atom. The number of thiophene rings is 1. The maximum Gasteiger partial charge on any atom is 0.410 e. The summed E-state index contributed by atoms with van der Waals surface area (Å²) in [5, 5.41) is 4.10. The third-order valence-electron chi connectivity index (χ3n) is 5.07. The van der Waals surface area contributed by atoms with Crippen molar-refractivity contribution in [2.24, 2.45) is 17.8 Å². The Balaban J connectivity index is 1.26. The molecule has 1 saturated heterocycles. The van der Waals surface area contributed by atoms with Crippen LogP contribution in [-0.2, 0) is 4.74 Å². The van der Waals surface area contributed by atoms with Gasteiger partial charge in [-0.25, -0.2) is 4.79 Å². The zero-order valence-electron chi connectivity index (χ0n) is 15.2. The number of carbonyl (C=O) groups is 2. The molecule has 3 heterocycles. The van der Waals surface area contributed by atoms with Gasteiger partial charge in [-0.2, -0.15) is 0 Å². The molecule has 2 amide bonds. The van der Waals surface area contributed by atoms with E-state index in [4.69, 9.17) is 4.74 Å². The molecule has 1 aliphatic carbocycles. The van der Waals surface area contributed by atoms with Crippen molar-refractivity contribution in [2.45, 2.75) is 26.4 Å². The zero-order chi connectivity index (χ0) is 18.5. The standard InChI is InChI=1S/C19H23N3O3S/c1-19(2,3)25-18(24)22-9-13-12(14(13)10-22)7-21-17(23)15-6-11-4-5-20-8-16(11)26-15/h4-6,8,12-14H,7,9-10H2,1-3H3,(H,21,23)/t12-,13-,14+. The van der Waals surface area contributed by atoms with Crippen molar-refractivity contribution in [1.82, 2.24) is 15.2 Å². The average molecular weight is 373 g/mol. The lowest BCUT2D eigenvalue weighted by Crippen LogP contribution is -2.38. The van der Waals surface area contributed by atoms with Gasteiger partial charge in [0.2, 0.25) is 0 Å². The van der Waals surface area contributed by atoms with Crippen molar-refractivity contribution in [3.05, 3.63) is 29.4 Å². The molecule has 4 rings (SSSR count). The van der Waals surface area contributed by atoms with Gasteiger partial charge >= 0.3 is 6.09 Å². The predicted octanol–water partition coefficient (Wildman–Crippen LogP) is 3.14. The molecule has 0 spiro atoms. The molecule has 2 aromatic rings. The van der Waals surface area contributed by atoms with E-state index in [0.717, 1.165) is 23.2 Å². The second-order valence-corrected chi connectivity index (χ2v) is 9.19.